The van der Waals surface area contributed by atoms with E-state index < -0.39 is 17.4 Å². The van der Waals surface area contributed by atoms with E-state index in [2.05, 4.69) is 4.98 Å². The van der Waals surface area contributed by atoms with Crippen LogP contribution in [0.5, 0.6) is 0 Å². The summed E-state index contributed by atoms with van der Waals surface area (Å²) < 4.78 is 20.7. The van der Waals surface area contributed by atoms with E-state index in [1.165, 1.54) is 23.0 Å². The topological polar surface area (TPSA) is 64.4 Å². The minimum atomic E-state index is -1.00. The van der Waals surface area contributed by atoms with Crippen LogP contribution in [0, 0.1) is 5.82 Å². The average Bonchev–Trinajstić information content (AvgIpc) is 2.85. The molecule has 1 unspecified atom stereocenters. The molecule has 0 aliphatic carbocycles. The molecule has 1 aliphatic heterocycles. The third-order valence-electron chi connectivity index (χ3n) is 3.44. The van der Waals surface area contributed by atoms with Crippen LogP contribution in [-0.4, -0.2) is 32.8 Å². The molecular weight excluding hydrogens is 299 g/mol. The van der Waals surface area contributed by atoms with Crippen molar-refractivity contribution in [2.45, 2.75) is 18.9 Å². The Morgan fingerprint density at radius 3 is 3.05 bits per heavy atom. The van der Waals surface area contributed by atoms with Gasteiger partial charge in [0.2, 0.25) is 0 Å². The monoisotopic (exact) mass is 310 g/mol. The second kappa shape index (κ2) is 4.82. The normalized spacial score (nSPS) is 21.0. The quantitative estimate of drug-likeness (QED) is 0.863. The highest BCUT2D eigenvalue weighted by molar-refractivity contribution is 6.30. The van der Waals surface area contributed by atoms with Crippen LogP contribution < -0.4 is 0 Å². The number of carbonyl (C=O) groups excluding carboxylic acids is 1. The number of fused-ring (bicyclic) bond motifs is 1. The summed E-state index contributed by atoms with van der Waals surface area (Å²) in [5.74, 6) is -1.28. The number of aliphatic hydroxyl groups is 1. The molecule has 0 amide bonds. The molecule has 5 nitrogen and oxygen atoms in total. The predicted octanol–water partition coefficient (Wildman–Crippen LogP) is 2.13. The number of carbonyl (C=O) groups is 1. The second-order valence-corrected chi connectivity index (χ2v) is 5.56. The van der Waals surface area contributed by atoms with Crippen molar-refractivity contribution >= 4 is 17.6 Å². The van der Waals surface area contributed by atoms with Crippen LogP contribution in [-0.2, 0) is 11.2 Å². The van der Waals surface area contributed by atoms with Crippen molar-refractivity contribution in [2.24, 2.45) is 0 Å². The third-order valence-corrected chi connectivity index (χ3v) is 3.73. The molecule has 0 saturated carbocycles. The first-order valence-corrected chi connectivity index (χ1v) is 6.68. The smallest absolute Gasteiger partial charge is 0.357 e. The van der Waals surface area contributed by atoms with Crippen molar-refractivity contribution in [3.63, 3.8) is 0 Å². The van der Waals surface area contributed by atoms with Gasteiger partial charge < -0.3 is 9.84 Å². The lowest BCUT2D eigenvalue weighted by Gasteiger charge is -2.31. The van der Waals surface area contributed by atoms with Gasteiger partial charge in [-0.3, -0.25) is 4.57 Å². The maximum Gasteiger partial charge on any atom is 0.357 e. The predicted molar refractivity (Wildman–Crippen MR) is 73.1 cm³/mol. The molecule has 0 fully saturated rings. The van der Waals surface area contributed by atoms with Crippen molar-refractivity contribution in [3.8, 4) is 5.69 Å². The molecule has 110 valence electrons. The summed E-state index contributed by atoms with van der Waals surface area (Å²) in [6, 6.07) is 4.50. The molecule has 2 heterocycles. The zero-order valence-electron chi connectivity index (χ0n) is 11.1. The highest BCUT2D eigenvalue weighted by atomic mass is 35.5. The van der Waals surface area contributed by atoms with Gasteiger partial charge in [0.15, 0.2) is 11.5 Å². The Kier molecular flexibility index (Phi) is 3.22. The minimum absolute atomic E-state index is 0.0423. The van der Waals surface area contributed by atoms with Crippen LogP contribution in [0.15, 0.2) is 24.5 Å². The Morgan fingerprint density at radius 1 is 1.57 bits per heavy atom. The summed E-state index contributed by atoms with van der Waals surface area (Å²) in [4.78, 5) is 16.3. The number of esters is 1. The van der Waals surface area contributed by atoms with Gasteiger partial charge in [0.05, 0.1) is 23.0 Å². The number of cyclic esters (lactones) is 1. The number of hydrogen-bond acceptors (Lipinski definition) is 4. The summed E-state index contributed by atoms with van der Waals surface area (Å²) in [6.07, 6.45) is 1.61. The van der Waals surface area contributed by atoms with Crippen LogP contribution in [0.4, 0.5) is 4.39 Å². The van der Waals surface area contributed by atoms with E-state index in [-0.39, 0.29) is 29.4 Å². The van der Waals surface area contributed by atoms with E-state index in [1.807, 2.05) is 0 Å². The molecule has 0 bridgehead atoms. The molecule has 1 aliphatic rings. The standard InChI is InChI=1S/C14H12ClFN2O3/c1-14(6-19)5-9-12(13(20)21-14)18(7-17-9)10-4-2-3-8(15)11(10)16/h2-4,7,19H,5-6H2,1H3. The minimum Gasteiger partial charge on any atom is -0.452 e. The van der Waals surface area contributed by atoms with E-state index in [9.17, 15) is 14.3 Å². The highest BCUT2D eigenvalue weighted by Gasteiger charge is 2.39. The largest absolute Gasteiger partial charge is 0.452 e. The Morgan fingerprint density at radius 2 is 2.33 bits per heavy atom. The fourth-order valence-corrected chi connectivity index (χ4v) is 2.51. The number of nitrogens with zero attached hydrogens (tertiary/aromatic N) is 2. The molecule has 3 rings (SSSR count). The number of rotatable bonds is 2. The molecular formula is C14H12ClFN2O3. The van der Waals surface area contributed by atoms with Crippen LogP contribution in [0.2, 0.25) is 5.02 Å². The molecule has 7 heteroatoms. The Hall–Kier alpha value is -1.92. The van der Waals surface area contributed by atoms with Gasteiger partial charge in [-0.05, 0) is 19.1 Å². The van der Waals surface area contributed by atoms with E-state index in [0.717, 1.165) is 0 Å². The number of aliphatic hydroxyl groups excluding tert-OH is 1. The lowest BCUT2D eigenvalue weighted by molar-refractivity contribution is -0.0434. The van der Waals surface area contributed by atoms with Crippen molar-refractivity contribution < 1.29 is 19.0 Å². The number of ether oxygens (including phenoxy) is 1. The first-order valence-electron chi connectivity index (χ1n) is 6.30. The van der Waals surface area contributed by atoms with Crippen LogP contribution in [0.3, 0.4) is 0 Å². The number of hydrogen-bond donors (Lipinski definition) is 1. The summed E-state index contributed by atoms with van der Waals surface area (Å²) >= 11 is 5.76. The van der Waals surface area contributed by atoms with Crippen molar-refractivity contribution in [2.75, 3.05) is 6.61 Å². The molecule has 0 radical (unpaired) electrons. The van der Waals surface area contributed by atoms with Crippen molar-refractivity contribution in [3.05, 3.63) is 46.8 Å². The lowest BCUT2D eigenvalue weighted by atomic mass is 9.97. The summed E-state index contributed by atoms with van der Waals surface area (Å²) in [7, 11) is 0. The van der Waals surface area contributed by atoms with Gasteiger partial charge in [-0.25, -0.2) is 14.2 Å². The molecule has 1 N–H and O–H groups in total. The van der Waals surface area contributed by atoms with Crippen LogP contribution >= 0.6 is 11.6 Å². The van der Waals surface area contributed by atoms with E-state index in [4.69, 9.17) is 16.3 Å². The maximum atomic E-state index is 14.1. The SMILES string of the molecule is CC1(CO)Cc2ncn(-c3cccc(Cl)c3F)c2C(=O)O1. The highest BCUT2D eigenvalue weighted by Crippen LogP contribution is 2.30. The third kappa shape index (κ3) is 2.20. The number of benzene rings is 1. The maximum absolute atomic E-state index is 14.1. The van der Waals surface area contributed by atoms with E-state index in [0.29, 0.717) is 5.69 Å². The van der Waals surface area contributed by atoms with Crippen LogP contribution in [0.25, 0.3) is 5.69 Å². The molecule has 1 aromatic heterocycles. The van der Waals surface area contributed by atoms with Gasteiger partial charge in [-0.1, -0.05) is 17.7 Å². The number of imidazole rings is 1. The molecule has 1 atom stereocenters. The van der Waals surface area contributed by atoms with Gasteiger partial charge in [0.1, 0.15) is 11.9 Å². The zero-order valence-corrected chi connectivity index (χ0v) is 11.9. The second-order valence-electron chi connectivity index (χ2n) is 5.16. The fraction of sp³-hybridized carbons (Fsp3) is 0.286. The molecule has 21 heavy (non-hydrogen) atoms. The molecule has 0 spiro atoms. The van der Waals surface area contributed by atoms with Crippen molar-refractivity contribution in [1.82, 2.24) is 9.55 Å². The van der Waals surface area contributed by atoms with Gasteiger partial charge in [-0.2, -0.15) is 0 Å². The van der Waals surface area contributed by atoms with Crippen LogP contribution in [0.1, 0.15) is 23.1 Å². The molecule has 1 aromatic carbocycles. The average molecular weight is 311 g/mol. The first kappa shape index (κ1) is 14.0. The fourth-order valence-electron chi connectivity index (χ4n) is 2.34. The number of halogens is 2. The van der Waals surface area contributed by atoms with E-state index >= 15 is 0 Å². The first-order chi connectivity index (χ1) is 9.95. The van der Waals surface area contributed by atoms with Crippen molar-refractivity contribution in [1.29, 1.82) is 0 Å². The Labute approximate surface area is 124 Å². The molecule has 0 saturated heterocycles. The van der Waals surface area contributed by atoms with Gasteiger partial charge >= 0.3 is 5.97 Å². The Balaban J connectivity index is 2.13. The zero-order chi connectivity index (χ0) is 15.2. The van der Waals surface area contributed by atoms with E-state index in [1.54, 1.807) is 13.0 Å². The van der Waals surface area contributed by atoms with Gasteiger partial charge in [0, 0.05) is 6.42 Å². The van der Waals surface area contributed by atoms with Gasteiger partial charge in [-0.15, -0.1) is 0 Å². The Bertz CT molecular complexity index is 731. The van der Waals surface area contributed by atoms with Gasteiger partial charge in [0.25, 0.3) is 0 Å². The molecule has 2 aromatic rings. The summed E-state index contributed by atoms with van der Waals surface area (Å²) in [6.45, 7) is 1.31. The summed E-state index contributed by atoms with van der Waals surface area (Å²) in [5, 5.41) is 9.27. The number of aromatic nitrogens is 2. The summed E-state index contributed by atoms with van der Waals surface area (Å²) in [5.41, 5.74) is -0.263. The lowest BCUT2D eigenvalue weighted by Crippen LogP contribution is -2.42.